The van der Waals surface area contributed by atoms with Crippen molar-refractivity contribution >= 4 is 33.0 Å². The highest BCUT2D eigenvalue weighted by Gasteiger charge is 2.09. The number of rotatable bonds is 8. The average Bonchev–Trinajstić information content (AvgIpc) is 2.79. The molecule has 0 fully saturated rings. The molecule has 1 N–H and O–H groups in total. The van der Waals surface area contributed by atoms with E-state index in [4.69, 9.17) is 11.6 Å². The van der Waals surface area contributed by atoms with Crippen LogP contribution >= 0.6 is 22.9 Å². The molecule has 0 saturated heterocycles. The van der Waals surface area contributed by atoms with E-state index in [0.717, 1.165) is 31.2 Å². The number of hydrogen-bond acceptors (Lipinski definition) is 3. The standard InChI is InChI=1S/C16H23ClN2S/c1-3-10-19(4-2)11-9-18-12-15-16(17)13-7-5-6-8-14(13)20-15/h5-8,18H,3-4,9-12H2,1-2H3. The van der Waals surface area contributed by atoms with Crippen LogP contribution in [0, 0.1) is 0 Å². The fourth-order valence-corrected chi connectivity index (χ4v) is 3.83. The predicted octanol–water partition coefficient (Wildman–Crippen LogP) is 4.38. The number of nitrogens with zero attached hydrogens (tertiary/aromatic N) is 1. The van der Waals surface area contributed by atoms with Crippen LogP contribution in [0.4, 0.5) is 0 Å². The molecule has 0 amide bonds. The number of hydrogen-bond donors (Lipinski definition) is 1. The molecule has 0 aliphatic heterocycles. The molecule has 1 aromatic heterocycles. The Bertz CT molecular complexity index is 538. The molecule has 0 atom stereocenters. The Balaban J connectivity index is 1.85. The molecule has 0 bridgehead atoms. The Hall–Kier alpha value is -0.610. The van der Waals surface area contributed by atoms with Gasteiger partial charge in [0.1, 0.15) is 0 Å². The third-order valence-corrected chi connectivity index (χ3v) is 5.19. The van der Waals surface area contributed by atoms with Gasteiger partial charge in [-0.05, 0) is 25.6 Å². The third kappa shape index (κ3) is 3.95. The Kier molecular flexibility index (Phi) is 6.30. The first-order valence-corrected chi connectivity index (χ1v) is 8.54. The highest BCUT2D eigenvalue weighted by molar-refractivity contribution is 7.19. The third-order valence-electron chi connectivity index (χ3n) is 3.48. The van der Waals surface area contributed by atoms with Crippen molar-refractivity contribution in [1.29, 1.82) is 0 Å². The van der Waals surface area contributed by atoms with Crippen LogP contribution in [0.2, 0.25) is 5.02 Å². The molecular weight excluding hydrogens is 288 g/mol. The Morgan fingerprint density at radius 1 is 1.20 bits per heavy atom. The van der Waals surface area contributed by atoms with Gasteiger partial charge in [0.25, 0.3) is 0 Å². The minimum Gasteiger partial charge on any atom is -0.311 e. The van der Waals surface area contributed by atoms with Crippen molar-refractivity contribution in [2.45, 2.75) is 26.8 Å². The largest absolute Gasteiger partial charge is 0.311 e. The molecule has 0 radical (unpaired) electrons. The summed E-state index contributed by atoms with van der Waals surface area (Å²) in [5, 5.41) is 5.60. The SMILES string of the molecule is CCCN(CC)CCNCc1sc2ccccc2c1Cl. The van der Waals surface area contributed by atoms with E-state index in [1.807, 2.05) is 6.07 Å². The Morgan fingerprint density at radius 3 is 2.70 bits per heavy atom. The van der Waals surface area contributed by atoms with Crippen molar-refractivity contribution in [1.82, 2.24) is 10.2 Å². The summed E-state index contributed by atoms with van der Waals surface area (Å²) in [7, 11) is 0. The second-order valence-corrected chi connectivity index (χ2v) is 6.46. The summed E-state index contributed by atoms with van der Waals surface area (Å²) in [6, 6.07) is 8.34. The molecular formula is C16H23ClN2S. The monoisotopic (exact) mass is 310 g/mol. The summed E-state index contributed by atoms with van der Waals surface area (Å²) in [5.74, 6) is 0. The number of fused-ring (bicyclic) bond motifs is 1. The van der Waals surface area contributed by atoms with Gasteiger partial charge in [-0.25, -0.2) is 0 Å². The van der Waals surface area contributed by atoms with Gasteiger partial charge < -0.3 is 10.2 Å². The molecule has 20 heavy (non-hydrogen) atoms. The molecule has 1 heterocycles. The minimum absolute atomic E-state index is 0.863. The summed E-state index contributed by atoms with van der Waals surface area (Å²) in [4.78, 5) is 3.71. The van der Waals surface area contributed by atoms with E-state index in [2.05, 4.69) is 42.3 Å². The summed E-state index contributed by atoms with van der Waals surface area (Å²) < 4.78 is 1.27. The van der Waals surface area contributed by atoms with Crippen molar-refractivity contribution in [3.8, 4) is 0 Å². The van der Waals surface area contributed by atoms with Crippen molar-refractivity contribution < 1.29 is 0 Å². The van der Waals surface area contributed by atoms with Gasteiger partial charge >= 0.3 is 0 Å². The second-order valence-electron chi connectivity index (χ2n) is 4.95. The maximum atomic E-state index is 6.44. The van der Waals surface area contributed by atoms with Gasteiger partial charge in [-0.15, -0.1) is 11.3 Å². The molecule has 110 valence electrons. The maximum Gasteiger partial charge on any atom is 0.0636 e. The smallest absolute Gasteiger partial charge is 0.0636 e. The number of nitrogens with one attached hydrogen (secondary N) is 1. The van der Waals surface area contributed by atoms with Crippen LogP contribution in [0.15, 0.2) is 24.3 Å². The second kappa shape index (κ2) is 7.99. The molecule has 1 aromatic carbocycles. The predicted molar refractivity (Wildman–Crippen MR) is 90.9 cm³/mol. The number of halogens is 1. The summed E-state index contributed by atoms with van der Waals surface area (Å²) in [6.07, 6.45) is 1.22. The van der Waals surface area contributed by atoms with Crippen LogP contribution in [-0.2, 0) is 6.54 Å². The van der Waals surface area contributed by atoms with Crippen LogP contribution in [0.25, 0.3) is 10.1 Å². The molecule has 0 aliphatic carbocycles. The molecule has 0 unspecified atom stereocenters. The zero-order valence-electron chi connectivity index (χ0n) is 12.3. The molecule has 0 aliphatic rings. The van der Waals surface area contributed by atoms with E-state index in [1.165, 1.54) is 27.9 Å². The van der Waals surface area contributed by atoms with Crippen molar-refractivity contribution in [2.24, 2.45) is 0 Å². The molecule has 2 nitrogen and oxygen atoms in total. The summed E-state index contributed by atoms with van der Waals surface area (Å²) in [6.45, 7) is 9.74. The molecule has 0 spiro atoms. The average molecular weight is 311 g/mol. The summed E-state index contributed by atoms with van der Waals surface area (Å²) >= 11 is 8.23. The fourth-order valence-electron chi connectivity index (χ4n) is 2.36. The van der Waals surface area contributed by atoms with Gasteiger partial charge in [-0.2, -0.15) is 0 Å². The lowest BCUT2D eigenvalue weighted by molar-refractivity contribution is 0.287. The van der Waals surface area contributed by atoms with Crippen LogP contribution in [0.5, 0.6) is 0 Å². The first kappa shape index (κ1) is 15.8. The van der Waals surface area contributed by atoms with E-state index >= 15 is 0 Å². The Labute approximate surface area is 130 Å². The van der Waals surface area contributed by atoms with Crippen molar-refractivity contribution in [3.63, 3.8) is 0 Å². The summed E-state index contributed by atoms with van der Waals surface area (Å²) in [5.41, 5.74) is 0. The molecule has 2 rings (SSSR count). The minimum atomic E-state index is 0.863. The Morgan fingerprint density at radius 2 is 2.00 bits per heavy atom. The van der Waals surface area contributed by atoms with E-state index < -0.39 is 0 Å². The van der Waals surface area contributed by atoms with Gasteiger partial charge in [0.2, 0.25) is 0 Å². The van der Waals surface area contributed by atoms with Crippen LogP contribution in [0.3, 0.4) is 0 Å². The van der Waals surface area contributed by atoms with Gasteiger partial charge in [-0.3, -0.25) is 0 Å². The van der Waals surface area contributed by atoms with Gasteiger partial charge in [0.15, 0.2) is 0 Å². The molecule has 4 heteroatoms. The van der Waals surface area contributed by atoms with Gasteiger partial charge in [0, 0.05) is 34.6 Å². The number of benzene rings is 1. The van der Waals surface area contributed by atoms with E-state index in [1.54, 1.807) is 11.3 Å². The first-order chi connectivity index (χ1) is 9.76. The maximum absolute atomic E-state index is 6.44. The zero-order valence-corrected chi connectivity index (χ0v) is 13.9. The first-order valence-electron chi connectivity index (χ1n) is 7.35. The topological polar surface area (TPSA) is 15.3 Å². The van der Waals surface area contributed by atoms with Crippen molar-refractivity contribution in [2.75, 3.05) is 26.2 Å². The van der Waals surface area contributed by atoms with Crippen LogP contribution in [-0.4, -0.2) is 31.1 Å². The van der Waals surface area contributed by atoms with E-state index in [0.29, 0.717) is 0 Å². The lowest BCUT2D eigenvalue weighted by Crippen LogP contribution is -2.32. The molecule has 2 aromatic rings. The van der Waals surface area contributed by atoms with Crippen LogP contribution < -0.4 is 5.32 Å². The van der Waals surface area contributed by atoms with Crippen LogP contribution in [0.1, 0.15) is 25.1 Å². The van der Waals surface area contributed by atoms with E-state index in [-0.39, 0.29) is 0 Å². The van der Waals surface area contributed by atoms with Gasteiger partial charge in [0.05, 0.1) is 5.02 Å². The van der Waals surface area contributed by atoms with Gasteiger partial charge in [-0.1, -0.05) is 43.6 Å². The number of thiophene rings is 1. The highest BCUT2D eigenvalue weighted by Crippen LogP contribution is 2.34. The lowest BCUT2D eigenvalue weighted by atomic mass is 10.2. The van der Waals surface area contributed by atoms with E-state index in [9.17, 15) is 0 Å². The number of likely N-dealkylation sites (N-methyl/N-ethyl adjacent to an activating group) is 1. The fraction of sp³-hybridized carbons (Fsp3) is 0.500. The molecule has 0 saturated carbocycles. The normalized spacial score (nSPS) is 11.6. The lowest BCUT2D eigenvalue weighted by Gasteiger charge is -2.19. The van der Waals surface area contributed by atoms with Crippen molar-refractivity contribution in [3.05, 3.63) is 34.2 Å². The zero-order chi connectivity index (χ0) is 14.4. The quantitative estimate of drug-likeness (QED) is 0.728. The highest BCUT2D eigenvalue weighted by atomic mass is 35.5.